The molecule has 2 amide bonds. The van der Waals surface area contributed by atoms with Gasteiger partial charge in [-0.3, -0.25) is 14.5 Å². The van der Waals surface area contributed by atoms with Crippen LogP contribution in [0.3, 0.4) is 0 Å². The molecule has 0 atom stereocenters. The zero-order chi connectivity index (χ0) is 19.0. The number of nitrogens with one attached hydrogen (secondary N) is 1. The van der Waals surface area contributed by atoms with Crippen LogP contribution in [0.15, 0.2) is 42.5 Å². The summed E-state index contributed by atoms with van der Waals surface area (Å²) in [4.78, 5) is 31.8. The minimum atomic E-state index is -0.233. The molecule has 0 radical (unpaired) electrons. The number of likely N-dealkylation sites (N-methyl/N-ethyl adjacent to an activating group) is 1. The molecule has 0 saturated carbocycles. The predicted octanol–water partition coefficient (Wildman–Crippen LogP) is 2.69. The number of fused-ring (bicyclic) bond motifs is 1. The quantitative estimate of drug-likeness (QED) is 0.865. The van der Waals surface area contributed by atoms with Crippen LogP contribution in [0.4, 0.5) is 17.1 Å². The number of para-hydroxylation sites is 2. The average Bonchev–Trinajstić information content (AvgIpc) is 2.79. The van der Waals surface area contributed by atoms with Gasteiger partial charge in [0.2, 0.25) is 5.91 Å². The number of hydrogen-bond donors (Lipinski definition) is 1. The molecule has 140 valence electrons. The minimum absolute atomic E-state index is 0.0700. The molecule has 0 aromatic heterocycles. The summed E-state index contributed by atoms with van der Waals surface area (Å²) in [7, 11) is 2.09. The van der Waals surface area contributed by atoms with Crippen molar-refractivity contribution in [2.75, 3.05) is 54.9 Å². The zero-order valence-corrected chi connectivity index (χ0v) is 15.9. The molecule has 2 aliphatic heterocycles. The fraction of sp³-hybridized carbons (Fsp3) is 0.300. The molecule has 2 aromatic rings. The number of amides is 2. The van der Waals surface area contributed by atoms with Crippen LogP contribution in [0, 0.1) is 0 Å². The van der Waals surface area contributed by atoms with Crippen molar-refractivity contribution in [2.24, 2.45) is 0 Å². The second-order valence-electron chi connectivity index (χ2n) is 6.88. The van der Waals surface area contributed by atoms with Gasteiger partial charge >= 0.3 is 0 Å². The number of halogens is 1. The number of carbonyl (C=O) groups excluding carboxylic acids is 2. The molecular weight excluding hydrogens is 364 g/mol. The van der Waals surface area contributed by atoms with Crippen molar-refractivity contribution in [1.29, 1.82) is 0 Å². The van der Waals surface area contributed by atoms with Crippen LogP contribution in [0.25, 0.3) is 0 Å². The third kappa shape index (κ3) is 3.38. The molecule has 7 heteroatoms. The van der Waals surface area contributed by atoms with E-state index >= 15 is 0 Å². The standard InChI is InChI=1S/C20H21ClN4O2/c1-23-9-11-24(12-10-23)17-8-4-5-14-19(17)22-18(26)13-25(20(14)27)16-7-3-2-6-15(16)21/h2-8H,9-13H2,1H3,(H,22,26). The average molecular weight is 385 g/mol. The summed E-state index contributed by atoms with van der Waals surface area (Å²) >= 11 is 6.28. The number of benzene rings is 2. The van der Waals surface area contributed by atoms with Crippen molar-refractivity contribution < 1.29 is 9.59 Å². The molecule has 27 heavy (non-hydrogen) atoms. The first-order chi connectivity index (χ1) is 13.0. The van der Waals surface area contributed by atoms with E-state index in [4.69, 9.17) is 11.6 Å². The van der Waals surface area contributed by atoms with E-state index in [0.29, 0.717) is 22.0 Å². The Kier molecular flexibility index (Phi) is 4.76. The summed E-state index contributed by atoms with van der Waals surface area (Å²) in [6.07, 6.45) is 0. The SMILES string of the molecule is CN1CCN(c2cccc3c2NC(=O)CN(c2ccccc2Cl)C3=O)CC1. The first kappa shape index (κ1) is 17.8. The smallest absolute Gasteiger partial charge is 0.260 e. The molecule has 0 unspecified atom stereocenters. The molecule has 0 spiro atoms. The molecule has 4 rings (SSSR count). The Labute approximate surface area is 163 Å². The van der Waals surface area contributed by atoms with Gasteiger partial charge in [0.1, 0.15) is 6.54 Å². The summed E-state index contributed by atoms with van der Waals surface area (Å²) < 4.78 is 0. The maximum atomic E-state index is 13.3. The van der Waals surface area contributed by atoms with Crippen molar-refractivity contribution in [3.05, 3.63) is 53.1 Å². The van der Waals surface area contributed by atoms with Gasteiger partial charge in [-0.1, -0.05) is 29.8 Å². The number of nitrogens with zero attached hydrogens (tertiary/aromatic N) is 3. The van der Waals surface area contributed by atoms with Crippen LogP contribution in [-0.4, -0.2) is 56.5 Å². The number of piperazine rings is 1. The van der Waals surface area contributed by atoms with Gasteiger partial charge in [0, 0.05) is 26.2 Å². The Morgan fingerprint density at radius 2 is 1.63 bits per heavy atom. The fourth-order valence-corrected chi connectivity index (χ4v) is 3.80. The van der Waals surface area contributed by atoms with E-state index in [-0.39, 0.29) is 18.4 Å². The third-order valence-electron chi connectivity index (χ3n) is 5.07. The number of carbonyl (C=O) groups is 2. The van der Waals surface area contributed by atoms with Gasteiger partial charge in [-0.2, -0.15) is 0 Å². The van der Waals surface area contributed by atoms with E-state index in [2.05, 4.69) is 22.2 Å². The topological polar surface area (TPSA) is 55.9 Å². The lowest BCUT2D eigenvalue weighted by Gasteiger charge is -2.35. The highest BCUT2D eigenvalue weighted by molar-refractivity contribution is 6.34. The van der Waals surface area contributed by atoms with Gasteiger partial charge in [0.25, 0.3) is 5.91 Å². The molecular formula is C20H21ClN4O2. The van der Waals surface area contributed by atoms with Crippen LogP contribution in [-0.2, 0) is 4.79 Å². The first-order valence-electron chi connectivity index (χ1n) is 8.97. The van der Waals surface area contributed by atoms with E-state index in [1.54, 1.807) is 30.3 Å². The van der Waals surface area contributed by atoms with E-state index in [9.17, 15) is 9.59 Å². The summed E-state index contributed by atoms with van der Waals surface area (Å²) in [5.41, 5.74) is 2.50. The third-order valence-corrected chi connectivity index (χ3v) is 5.39. The Morgan fingerprint density at radius 3 is 2.37 bits per heavy atom. The maximum absolute atomic E-state index is 13.3. The Morgan fingerprint density at radius 1 is 0.926 bits per heavy atom. The fourth-order valence-electron chi connectivity index (χ4n) is 3.57. The lowest BCUT2D eigenvalue weighted by Crippen LogP contribution is -2.44. The molecule has 2 heterocycles. The van der Waals surface area contributed by atoms with Gasteiger partial charge in [-0.15, -0.1) is 0 Å². The summed E-state index contributed by atoms with van der Waals surface area (Å²) in [5.74, 6) is -0.462. The van der Waals surface area contributed by atoms with Crippen molar-refractivity contribution >= 4 is 40.5 Å². The van der Waals surface area contributed by atoms with Crippen molar-refractivity contribution in [3.8, 4) is 0 Å². The maximum Gasteiger partial charge on any atom is 0.260 e. The highest BCUT2D eigenvalue weighted by Crippen LogP contribution is 2.35. The molecule has 1 saturated heterocycles. The Balaban J connectivity index is 1.75. The largest absolute Gasteiger partial charge is 0.367 e. The highest BCUT2D eigenvalue weighted by Gasteiger charge is 2.31. The first-order valence-corrected chi connectivity index (χ1v) is 9.35. The zero-order valence-electron chi connectivity index (χ0n) is 15.1. The van der Waals surface area contributed by atoms with E-state index in [1.807, 2.05) is 12.1 Å². The van der Waals surface area contributed by atoms with Crippen LogP contribution in [0.1, 0.15) is 10.4 Å². The molecule has 0 aliphatic carbocycles. The molecule has 2 aliphatic rings. The van der Waals surface area contributed by atoms with Crippen LogP contribution < -0.4 is 15.1 Å². The van der Waals surface area contributed by atoms with E-state index in [0.717, 1.165) is 31.9 Å². The highest BCUT2D eigenvalue weighted by atomic mass is 35.5. The Bertz CT molecular complexity index is 893. The predicted molar refractivity (Wildman–Crippen MR) is 108 cm³/mol. The van der Waals surface area contributed by atoms with Crippen molar-refractivity contribution in [3.63, 3.8) is 0 Å². The van der Waals surface area contributed by atoms with Crippen LogP contribution in [0.5, 0.6) is 0 Å². The van der Waals surface area contributed by atoms with Gasteiger partial charge in [-0.05, 0) is 31.3 Å². The second kappa shape index (κ2) is 7.21. The second-order valence-corrected chi connectivity index (χ2v) is 7.29. The molecule has 6 nitrogen and oxygen atoms in total. The normalized spacial score (nSPS) is 18.1. The number of anilines is 3. The van der Waals surface area contributed by atoms with Crippen LogP contribution in [0.2, 0.25) is 5.02 Å². The molecule has 0 bridgehead atoms. The number of rotatable bonds is 2. The monoisotopic (exact) mass is 384 g/mol. The van der Waals surface area contributed by atoms with Gasteiger partial charge in [0.15, 0.2) is 0 Å². The van der Waals surface area contributed by atoms with Crippen molar-refractivity contribution in [1.82, 2.24) is 4.90 Å². The molecule has 1 N–H and O–H groups in total. The van der Waals surface area contributed by atoms with Gasteiger partial charge in [0.05, 0.1) is 27.6 Å². The van der Waals surface area contributed by atoms with E-state index < -0.39 is 0 Å². The van der Waals surface area contributed by atoms with E-state index in [1.165, 1.54) is 4.90 Å². The lowest BCUT2D eigenvalue weighted by atomic mass is 10.1. The van der Waals surface area contributed by atoms with Crippen molar-refractivity contribution in [2.45, 2.75) is 0 Å². The minimum Gasteiger partial charge on any atom is -0.367 e. The van der Waals surface area contributed by atoms with Gasteiger partial charge < -0.3 is 15.1 Å². The van der Waals surface area contributed by atoms with Crippen LogP contribution >= 0.6 is 11.6 Å². The number of hydrogen-bond acceptors (Lipinski definition) is 4. The summed E-state index contributed by atoms with van der Waals surface area (Å²) in [5, 5.41) is 3.39. The molecule has 1 fully saturated rings. The lowest BCUT2D eigenvalue weighted by molar-refractivity contribution is -0.114. The summed E-state index contributed by atoms with van der Waals surface area (Å²) in [6, 6.07) is 12.7. The molecule has 2 aromatic carbocycles. The Hall–Kier alpha value is -2.57. The summed E-state index contributed by atoms with van der Waals surface area (Å²) in [6.45, 7) is 3.52. The van der Waals surface area contributed by atoms with Gasteiger partial charge in [-0.25, -0.2) is 0 Å².